The van der Waals surface area contributed by atoms with Crippen LogP contribution in [0.2, 0.25) is 0 Å². The Labute approximate surface area is 138 Å². The molecule has 0 amide bonds. The fraction of sp³-hybridized carbons (Fsp3) is 0.450. The SMILES string of the molecule is Cc1ccc(C2CC(N[C@H]3CCO[C@@H]3c3cccnc3)C2)cc1. The lowest BCUT2D eigenvalue weighted by molar-refractivity contribution is 0.0915. The zero-order valence-electron chi connectivity index (χ0n) is 13.6. The van der Waals surface area contributed by atoms with Crippen LogP contribution in [0.3, 0.4) is 0 Å². The van der Waals surface area contributed by atoms with Crippen molar-refractivity contribution in [3.8, 4) is 0 Å². The maximum Gasteiger partial charge on any atom is 0.0993 e. The molecule has 2 fully saturated rings. The third-order valence-electron chi connectivity index (χ3n) is 5.24. The zero-order chi connectivity index (χ0) is 15.6. The molecule has 0 spiro atoms. The van der Waals surface area contributed by atoms with E-state index >= 15 is 0 Å². The number of nitrogens with zero attached hydrogens (tertiary/aromatic N) is 1. The van der Waals surface area contributed by atoms with Crippen molar-refractivity contribution in [1.29, 1.82) is 0 Å². The lowest BCUT2D eigenvalue weighted by Crippen LogP contribution is -2.46. The summed E-state index contributed by atoms with van der Waals surface area (Å²) >= 11 is 0. The predicted octanol–water partition coefficient (Wildman–Crippen LogP) is 3.76. The van der Waals surface area contributed by atoms with Gasteiger partial charge in [0.2, 0.25) is 0 Å². The van der Waals surface area contributed by atoms with Crippen LogP contribution in [0.1, 0.15) is 48.0 Å². The number of hydrogen-bond donors (Lipinski definition) is 1. The maximum absolute atomic E-state index is 5.94. The van der Waals surface area contributed by atoms with Crippen molar-refractivity contribution in [2.75, 3.05) is 6.61 Å². The van der Waals surface area contributed by atoms with Crippen molar-refractivity contribution in [2.24, 2.45) is 0 Å². The summed E-state index contributed by atoms with van der Waals surface area (Å²) in [5.74, 6) is 0.715. The van der Waals surface area contributed by atoms with Gasteiger partial charge in [0.25, 0.3) is 0 Å². The second kappa shape index (κ2) is 6.42. The molecular weight excluding hydrogens is 284 g/mol. The fourth-order valence-electron chi connectivity index (χ4n) is 3.80. The average Bonchev–Trinajstić information content (AvgIpc) is 3.01. The van der Waals surface area contributed by atoms with Gasteiger partial charge in [-0.15, -0.1) is 0 Å². The second-order valence-corrected chi connectivity index (χ2v) is 6.92. The van der Waals surface area contributed by atoms with Crippen LogP contribution in [0.25, 0.3) is 0 Å². The highest BCUT2D eigenvalue weighted by atomic mass is 16.5. The zero-order valence-corrected chi connectivity index (χ0v) is 13.6. The molecular formula is C20H24N2O. The Balaban J connectivity index is 1.34. The van der Waals surface area contributed by atoms with Crippen LogP contribution in [0.4, 0.5) is 0 Å². The first kappa shape index (κ1) is 14.9. The summed E-state index contributed by atoms with van der Waals surface area (Å²) in [7, 11) is 0. The first-order chi connectivity index (χ1) is 11.3. The Morgan fingerprint density at radius 3 is 2.65 bits per heavy atom. The van der Waals surface area contributed by atoms with Gasteiger partial charge in [0.1, 0.15) is 0 Å². The molecule has 0 unspecified atom stereocenters. The van der Waals surface area contributed by atoms with Crippen molar-refractivity contribution in [3.05, 3.63) is 65.5 Å². The van der Waals surface area contributed by atoms with Gasteiger partial charge < -0.3 is 10.1 Å². The first-order valence-electron chi connectivity index (χ1n) is 8.64. The van der Waals surface area contributed by atoms with Crippen LogP contribution in [0.5, 0.6) is 0 Å². The van der Waals surface area contributed by atoms with Crippen molar-refractivity contribution >= 4 is 0 Å². The molecule has 120 valence electrons. The molecule has 2 atom stereocenters. The number of rotatable bonds is 4. The predicted molar refractivity (Wildman–Crippen MR) is 91.4 cm³/mol. The van der Waals surface area contributed by atoms with Gasteiger partial charge in [0, 0.05) is 36.6 Å². The second-order valence-electron chi connectivity index (χ2n) is 6.92. The molecule has 2 aliphatic rings. The molecule has 1 saturated heterocycles. The number of pyridine rings is 1. The van der Waals surface area contributed by atoms with Gasteiger partial charge in [0.15, 0.2) is 0 Å². The van der Waals surface area contributed by atoms with Gasteiger partial charge in [-0.3, -0.25) is 4.98 Å². The van der Waals surface area contributed by atoms with Gasteiger partial charge >= 0.3 is 0 Å². The monoisotopic (exact) mass is 308 g/mol. The molecule has 1 saturated carbocycles. The summed E-state index contributed by atoms with van der Waals surface area (Å²) in [5, 5.41) is 3.82. The van der Waals surface area contributed by atoms with E-state index in [4.69, 9.17) is 4.74 Å². The Morgan fingerprint density at radius 2 is 1.91 bits per heavy atom. The van der Waals surface area contributed by atoms with Gasteiger partial charge in [-0.05, 0) is 43.7 Å². The van der Waals surface area contributed by atoms with E-state index in [2.05, 4.69) is 47.6 Å². The number of benzene rings is 1. The van der Waals surface area contributed by atoms with E-state index in [1.807, 2.05) is 18.5 Å². The fourth-order valence-corrected chi connectivity index (χ4v) is 3.80. The van der Waals surface area contributed by atoms with Crippen LogP contribution in [-0.4, -0.2) is 23.7 Å². The molecule has 23 heavy (non-hydrogen) atoms. The number of ether oxygens (including phenoxy) is 1. The Hall–Kier alpha value is -1.71. The molecule has 1 N–H and O–H groups in total. The summed E-state index contributed by atoms with van der Waals surface area (Å²) in [4.78, 5) is 4.23. The van der Waals surface area contributed by atoms with Gasteiger partial charge in [-0.1, -0.05) is 35.9 Å². The molecule has 0 bridgehead atoms. The normalized spacial score (nSPS) is 30.1. The van der Waals surface area contributed by atoms with E-state index in [9.17, 15) is 0 Å². The van der Waals surface area contributed by atoms with Gasteiger partial charge in [-0.25, -0.2) is 0 Å². The van der Waals surface area contributed by atoms with Crippen LogP contribution in [-0.2, 0) is 4.74 Å². The first-order valence-corrected chi connectivity index (χ1v) is 8.64. The number of aryl methyl sites for hydroxylation is 1. The summed E-state index contributed by atoms with van der Waals surface area (Å²) in [6, 6.07) is 14.2. The Morgan fingerprint density at radius 1 is 1.09 bits per heavy atom. The molecule has 1 aliphatic carbocycles. The van der Waals surface area contributed by atoms with Gasteiger partial charge in [0.05, 0.1) is 6.10 Å². The Kier molecular flexibility index (Phi) is 4.15. The molecule has 3 heteroatoms. The largest absolute Gasteiger partial charge is 0.372 e. The topological polar surface area (TPSA) is 34.1 Å². The summed E-state index contributed by atoms with van der Waals surface area (Å²) < 4.78 is 5.94. The minimum absolute atomic E-state index is 0.155. The van der Waals surface area contributed by atoms with Gasteiger partial charge in [-0.2, -0.15) is 0 Å². The number of aromatic nitrogens is 1. The number of nitrogens with one attached hydrogen (secondary N) is 1. The molecule has 2 aromatic rings. The maximum atomic E-state index is 5.94. The average molecular weight is 308 g/mol. The van der Waals surface area contributed by atoms with Crippen molar-refractivity contribution in [3.63, 3.8) is 0 Å². The van der Waals surface area contributed by atoms with Crippen LogP contribution < -0.4 is 5.32 Å². The Bertz CT molecular complexity index is 634. The highest BCUT2D eigenvalue weighted by molar-refractivity contribution is 5.27. The standard InChI is InChI=1S/C20H24N2O/c1-14-4-6-15(7-5-14)17-11-18(12-17)22-19-8-10-23-20(19)16-3-2-9-21-13-16/h2-7,9,13,17-20,22H,8,10-12H2,1H3/t17?,18?,19-,20+/m0/s1. The van der Waals surface area contributed by atoms with Crippen molar-refractivity contribution in [1.82, 2.24) is 10.3 Å². The molecule has 2 heterocycles. The highest BCUT2D eigenvalue weighted by Crippen LogP contribution is 2.39. The molecule has 1 aromatic carbocycles. The van der Waals surface area contributed by atoms with Crippen molar-refractivity contribution in [2.45, 2.75) is 50.3 Å². The summed E-state index contributed by atoms with van der Waals surface area (Å²) in [6.07, 6.45) is 7.46. The van der Waals surface area contributed by atoms with Crippen LogP contribution >= 0.6 is 0 Å². The number of hydrogen-bond acceptors (Lipinski definition) is 3. The lowest BCUT2D eigenvalue weighted by atomic mass is 9.75. The van der Waals surface area contributed by atoms with Crippen LogP contribution in [0, 0.1) is 6.92 Å². The van der Waals surface area contributed by atoms with E-state index in [0.29, 0.717) is 18.0 Å². The molecule has 1 aromatic heterocycles. The van der Waals surface area contributed by atoms with E-state index < -0.39 is 0 Å². The van der Waals surface area contributed by atoms with E-state index in [1.54, 1.807) is 0 Å². The summed E-state index contributed by atoms with van der Waals surface area (Å²) in [5.41, 5.74) is 4.02. The van der Waals surface area contributed by atoms with E-state index in [-0.39, 0.29) is 6.10 Å². The third-order valence-corrected chi connectivity index (χ3v) is 5.24. The molecule has 3 nitrogen and oxygen atoms in total. The van der Waals surface area contributed by atoms with Crippen molar-refractivity contribution < 1.29 is 4.74 Å². The minimum atomic E-state index is 0.155. The lowest BCUT2D eigenvalue weighted by Gasteiger charge is -2.39. The molecule has 1 aliphatic heterocycles. The molecule has 4 rings (SSSR count). The van der Waals surface area contributed by atoms with E-state index in [1.165, 1.54) is 29.5 Å². The molecule has 0 radical (unpaired) electrons. The smallest absolute Gasteiger partial charge is 0.0993 e. The third kappa shape index (κ3) is 3.17. The quantitative estimate of drug-likeness (QED) is 0.934. The van der Waals surface area contributed by atoms with Crippen LogP contribution in [0.15, 0.2) is 48.8 Å². The minimum Gasteiger partial charge on any atom is -0.372 e. The highest BCUT2D eigenvalue weighted by Gasteiger charge is 2.36. The summed E-state index contributed by atoms with van der Waals surface area (Å²) in [6.45, 7) is 2.99. The van der Waals surface area contributed by atoms with E-state index in [0.717, 1.165) is 13.0 Å².